The minimum atomic E-state index is -0.220. The minimum Gasteiger partial charge on any atom is -0.295 e. The molecule has 0 radical (unpaired) electrons. The molecule has 0 aliphatic rings. The number of hydrogen-bond acceptors (Lipinski definition) is 2. The molecule has 0 aromatic carbocycles. The summed E-state index contributed by atoms with van der Waals surface area (Å²) in [5.74, 6) is 0. The Labute approximate surface area is 58.9 Å². The molecule has 0 saturated carbocycles. The van der Waals surface area contributed by atoms with Crippen LogP contribution in [-0.2, 0) is 9.09 Å². The molecule has 0 aliphatic heterocycles. The van der Waals surface area contributed by atoms with Crippen molar-refractivity contribution in [1.82, 2.24) is 0 Å². The first-order chi connectivity index (χ1) is 4.33. The molecule has 0 spiro atoms. The van der Waals surface area contributed by atoms with Crippen molar-refractivity contribution in [3.63, 3.8) is 0 Å². The summed E-state index contributed by atoms with van der Waals surface area (Å²) in [7, 11) is -0.220. The second kappa shape index (κ2) is 15.7. The molecule has 3 heteroatoms. The third-order valence-corrected chi connectivity index (χ3v) is 1.05. The Kier molecular flexibility index (Phi) is 20.6. The van der Waals surface area contributed by atoms with Crippen LogP contribution >= 0.6 is 8.69 Å². The zero-order valence-corrected chi connectivity index (χ0v) is 7.28. The van der Waals surface area contributed by atoms with Crippen molar-refractivity contribution in [3.05, 3.63) is 0 Å². The van der Waals surface area contributed by atoms with Crippen molar-refractivity contribution in [2.24, 2.45) is 0 Å². The average Bonchev–Trinajstić information content (AvgIpc) is 1.91. The van der Waals surface area contributed by atoms with Crippen molar-refractivity contribution in [2.45, 2.75) is 33.6 Å². The summed E-state index contributed by atoms with van der Waals surface area (Å²) in [6.45, 7) is 6.66. The van der Waals surface area contributed by atoms with Gasteiger partial charge in [0.2, 0.25) is 0 Å². The zero-order valence-electron chi connectivity index (χ0n) is 6.39. The summed E-state index contributed by atoms with van der Waals surface area (Å²) in [5, 5.41) is 0. The monoisotopic (exact) mass is 150 g/mol. The van der Waals surface area contributed by atoms with Crippen molar-refractivity contribution in [3.8, 4) is 0 Å². The molecule has 2 nitrogen and oxygen atoms in total. The Hall–Kier alpha value is 0.0600. The van der Waals surface area contributed by atoms with Gasteiger partial charge in [-0.05, 0) is 6.92 Å². The van der Waals surface area contributed by atoms with E-state index in [0.717, 1.165) is 0 Å². The first-order valence-corrected chi connectivity index (χ1v) is 4.01. The first-order valence-electron chi connectivity index (χ1n) is 3.28. The van der Waals surface area contributed by atoms with Crippen LogP contribution in [0.5, 0.6) is 0 Å². The van der Waals surface area contributed by atoms with Crippen LogP contribution in [0.4, 0.5) is 0 Å². The molecule has 0 bridgehead atoms. The third-order valence-electron chi connectivity index (χ3n) is 0.682. The number of hydrogen-bond donors (Lipinski definition) is 0. The predicted molar refractivity (Wildman–Crippen MR) is 39.8 cm³/mol. The van der Waals surface area contributed by atoms with E-state index in [-0.39, 0.29) is 8.69 Å². The molecule has 0 fully saturated rings. The van der Waals surface area contributed by atoms with Gasteiger partial charge < -0.3 is 0 Å². The van der Waals surface area contributed by atoms with Gasteiger partial charge in [0, 0.05) is 0 Å². The van der Waals surface area contributed by atoms with Gasteiger partial charge in [-0.15, -0.1) is 0 Å². The van der Waals surface area contributed by atoms with E-state index in [4.69, 9.17) is 0 Å². The molecular formula is C6H15O2P. The van der Waals surface area contributed by atoms with Crippen LogP contribution in [0.25, 0.3) is 0 Å². The van der Waals surface area contributed by atoms with Gasteiger partial charge in [-0.3, -0.25) is 4.52 Å². The maximum Gasteiger partial charge on any atom is 0.327 e. The van der Waals surface area contributed by atoms with E-state index in [1.54, 1.807) is 6.92 Å². The van der Waals surface area contributed by atoms with Crippen LogP contribution < -0.4 is 0 Å². The summed E-state index contributed by atoms with van der Waals surface area (Å²) in [6, 6.07) is 0. The predicted octanol–water partition coefficient (Wildman–Crippen LogP) is 3.04. The molecule has 0 saturated heterocycles. The van der Waals surface area contributed by atoms with Gasteiger partial charge in [0.1, 0.15) is 0 Å². The maximum atomic E-state index is 9.28. The van der Waals surface area contributed by atoms with E-state index in [0.29, 0.717) is 6.61 Å². The van der Waals surface area contributed by atoms with Crippen LogP contribution in [-0.4, -0.2) is 6.61 Å². The second-order valence-electron chi connectivity index (χ2n) is 1.49. The number of rotatable bonds is 3. The third kappa shape index (κ3) is 31.6. The van der Waals surface area contributed by atoms with Gasteiger partial charge in [-0.1, -0.05) is 26.7 Å². The standard InChI is InChI=1S/C4H10.C2H5O2P/c1-3-4-2;1-2-4-5-3/h3-4H2,1-2H3;2H2,1H3. The fraction of sp³-hybridized carbons (Fsp3) is 1.00. The van der Waals surface area contributed by atoms with Crippen molar-refractivity contribution >= 4 is 8.69 Å². The van der Waals surface area contributed by atoms with Crippen molar-refractivity contribution < 1.29 is 9.09 Å². The number of unbranched alkanes of at least 4 members (excludes halogenated alkanes) is 1. The second-order valence-corrected chi connectivity index (χ2v) is 1.90. The van der Waals surface area contributed by atoms with Crippen molar-refractivity contribution in [2.75, 3.05) is 6.61 Å². The summed E-state index contributed by atoms with van der Waals surface area (Å²) in [6.07, 6.45) is 2.64. The Balaban J connectivity index is 0. The molecule has 0 aromatic heterocycles. The van der Waals surface area contributed by atoms with Gasteiger partial charge in [0.25, 0.3) is 0 Å². The molecule has 56 valence electrons. The van der Waals surface area contributed by atoms with Crippen LogP contribution in [0.1, 0.15) is 33.6 Å². The topological polar surface area (TPSA) is 26.3 Å². The highest BCUT2D eigenvalue weighted by atomic mass is 31.1. The highest BCUT2D eigenvalue weighted by Crippen LogP contribution is 1.89. The molecule has 0 rings (SSSR count). The minimum absolute atomic E-state index is 0.220. The summed E-state index contributed by atoms with van der Waals surface area (Å²) >= 11 is 0. The van der Waals surface area contributed by atoms with E-state index < -0.39 is 0 Å². The molecule has 0 aliphatic carbocycles. The molecule has 0 heterocycles. The fourth-order valence-electron chi connectivity index (χ4n) is 0.0527. The van der Waals surface area contributed by atoms with Gasteiger partial charge in [-0.2, -0.15) is 0 Å². The van der Waals surface area contributed by atoms with Gasteiger partial charge in [-0.25, -0.2) is 4.57 Å². The van der Waals surface area contributed by atoms with Gasteiger partial charge >= 0.3 is 8.69 Å². The highest BCUT2D eigenvalue weighted by Gasteiger charge is 1.65. The summed E-state index contributed by atoms with van der Waals surface area (Å²) < 4.78 is 13.5. The average molecular weight is 150 g/mol. The Morgan fingerprint density at radius 3 is 1.67 bits per heavy atom. The van der Waals surface area contributed by atoms with E-state index in [1.807, 2.05) is 0 Å². The molecular weight excluding hydrogens is 135 g/mol. The lowest BCUT2D eigenvalue weighted by atomic mass is 10.4. The van der Waals surface area contributed by atoms with Crippen LogP contribution in [0.3, 0.4) is 0 Å². The lowest BCUT2D eigenvalue weighted by Crippen LogP contribution is -1.65. The van der Waals surface area contributed by atoms with Crippen molar-refractivity contribution in [1.29, 1.82) is 0 Å². The highest BCUT2D eigenvalue weighted by molar-refractivity contribution is 7.17. The lowest BCUT2D eigenvalue weighted by molar-refractivity contribution is 0.365. The smallest absolute Gasteiger partial charge is 0.295 e. The normalized spacial score (nSPS) is 8.33. The largest absolute Gasteiger partial charge is 0.327 e. The summed E-state index contributed by atoms with van der Waals surface area (Å²) in [4.78, 5) is 0. The molecule has 0 aromatic rings. The fourth-order valence-corrected chi connectivity index (χ4v) is 0.158. The van der Waals surface area contributed by atoms with Gasteiger partial charge in [0.05, 0.1) is 6.61 Å². The first kappa shape index (κ1) is 11.8. The van der Waals surface area contributed by atoms with E-state index >= 15 is 0 Å². The van der Waals surface area contributed by atoms with E-state index in [9.17, 15) is 4.57 Å². The van der Waals surface area contributed by atoms with Crippen LogP contribution in [0.2, 0.25) is 0 Å². The van der Waals surface area contributed by atoms with E-state index in [1.165, 1.54) is 12.8 Å². The molecule has 0 unspecified atom stereocenters. The van der Waals surface area contributed by atoms with E-state index in [2.05, 4.69) is 18.4 Å². The quantitative estimate of drug-likeness (QED) is 0.578. The molecule has 0 amide bonds. The van der Waals surface area contributed by atoms with Gasteiger partial charge in [0.15, 0.2) is 0 Å². The Bertz CT molecular complexity index is 46.3. The Morgan fingerprint density at radius 1 is 1.22 bits per heavy atom. The van der Waals surface area contributed by atoms with Crippen LogP contribution in [0, 0.1) is 0 Å². The zero-order chi connectivity index (χ0) is 7.54. The lowest BCUT2D eigenvalue weighted by Gasteiger charge is -1.72. The molecule has 0 atom stereocenters. The van der Waals surface area contributed by atoms with Crippen LogP contribution in [0.15, 0.2) is 0 Å². The molecule has 9 heavy (non-hydrogen) atoms. The summed E-state index contributed by atoms with van der Waals surface area (Å²) in [5.41, 5.74) is 0. The molecule has 0 N–H and O–H groups in total. The SMILES string of the molecule is CCCC.CCOP=O. The maximum absolute atomic E-state index is 9.28. The Morgan fingerprint density at radius 2 is 1.67 bits per heavy atom.